The van der Waals surface area contributed by atoms with E-state index in [1.165, 1.54) is 5.56 Å². The molecule has 0 fully saturated rings. The molecule has 1 aromatic heterocycles. The molecule has 3 N–H and O–H groups in total. The molecule has 0 aliphatic rings. The molecule has 6 nitrogen and oxygen atoms in total. The summed E-state index contributed by atoms with van der Waals surface area (Å²) >= 11 is 0. The van der Waals surface area contributed by atoms with Crippen LogP contribution in [0.2, 0.25) is 0 Å². The van der Waals surface area contributed by atoms with Crippen molar-refractivity contribution in [2.45, 2.75) is 33.2 Å². The van der Waals surface area contributed by atoms with Gasteiger partial charge in [0.1, 0.15) is 18.2 Å². The number of nitrogen functional groups attached to an aromatic ring is 1. The van der Waals surface area contributed by atoms with Crippen molar-refractivity contribution in [3.8, 4) is 5.75 Å². The molecule has 0 aliphatic heterocycles. The van der Waals surface area contributed by atoms with Gasteiger partial charge in [0, 0.05) is 0 Å². The second kappa shape index (κ2) is 6.88. The number of nitrogens with zero attached hydrogens (tertiary/aromatic N) is 3. The summed E-state index contributed by atoms with van der Waals surface area (Å²) < 4.78 is 5.78. The van der Waals surface area contributed by atoms with Crippen molar-refractivity contribution in [3.05, 3.63) is 35.7 Å². The van der Waals surface area contributed by atoms with Crippen LogP contribution >= 0.6 is 0 Å². The second-order valence-electron chi connectivity index (χ2n) is 4.94. The Morgan fingerprint density at radius 1 is 1.14 bits per heavy atom. The quantitative estimate of drug-likeness (QED) is 0.848. The number of nitrogens with two attached hydrogens (primary N) is 1. The molecule has 0 amide bonds. The zero-order chi connectivity index (χ0) is 15.2. The van der Waals surface area contributed by atoms with Gasteiger partial charge in [0.2, 0.25) is 11.9 Å². The first-order valence-corrected chi connectivity index (χ1v) is 7.01. The lowest BCUT2D eigenvalue weighted by molar-refractivity contribution is 0.293. The normalized spacial score (nSPS) is 12.0. The lowest BCUT2D eigenvalue weighted by Gasteiger charge is -2.18. The van der Waals surface area contributed by atoms with E-state index in [-0.39, 0.29) is 12.0 Å². The lowest BCUT2D eigenvalue weighted by atomic mass is 10.2. The minimum atomic E-state index is 0.104. The predicted molar refractivity (Wildman–Crippen MR) is 83.4 cm³/mol. The number of hydrogen-bond acceptors (Lipinski definition) is 6. The van der Waals surface area contributed by atoms with E-state index in [1.807, 2.05) is 31.2 Å². The maximum absolute atomic E-state index is 5.78. The van der Waals surface area contributed by atoms with Gasteiger partial charge in [-0.15, -0.1) is 0 Å². The van der Waals surface area contributed by atoms with Crippen molar-refractivity contribution in [2.24, 2.45) is 0 Å². The van der Waals surface area contributed by atoms with Gasteiger partial charge < -0.3 is 15.8 Å². The number of benzene rings is 1. The maximum atomic E-state index is 5.78. The molecule has 0 radical (unpaired) electrons. The highest BCUT2D eigenvalue weighted by atomic mass is 16.5. The molecule has 0 bridgehead atoms. The van der Waals surface area contributed by atoms with Crippen molar-refractivity contribution in [3.63, 3.8) is 0 Å². The van der Waals surface area contributed by atoms with E-state index >= 15 is 0 Å². The second-order valence-corrected chi connectivity index (χ2v) is 4.94. The maximum Gasteiger partial charge on any atom is 0.228 e. The van der Waals surface area contributed by atoms with E-state index in [4.69, 9.17) is 10.5 Å². The SMILES string of the molecule is CCC(COc1ccc(C)cc1)Nc1nc(C)nc(N)n1. The summed E-state index contributed by atoms with van der Waals surface area (Å²) in [6, 6.07) is 8.09. The fourth-order valence-corrected chi connectivity index (χ4v) is 1.84. The van der Waals surface area contributed by atoms with Crippen LogP contribution in [0.1, 0.15) is 24.7 Å². The molecule has 21 heavy (non-hydrogen) atoms. The summed E-state index contributed by atoms with van der Waals surface area (Å²) in [6.45, 7) is 6.44. The zero-order valence-electron chi connectivity index (χ0n) is 12.6. The van der Waals surface area contributed by atoms with Gasteiger partial charge >= 0.3 is 0 Å². The van der Waals surface area contributed by atoms with E-state index in [0.717, 1.165) is 12.2 Å². The average molecular weight is 287 g/mol. The van der Waals surface area contributed by atoms with E-state index in [0.29, 0.717) is 18.4 Å². The van der Waals surface area contributed by atoms with Gasteiger partial charge in [0.05, 0.1) is 6.04 Å². The molecule has 0 saturated carbocycles. The summed E-state index contributed by atoms with van der Waals surface area (Å²) in [6.07, 6.45) is 0.885. The number of anilines is 2. The van der Waals surface area contributed by atoms with Crippen LogP contribution in [0.3, 0.4) is 0 Å². The van der Waals surface area contributed by atoms with Crippen molar-refractivity contribution < 1.29 is 4.74 Å². The van der Waals surface area contributed by atoms with Gasteiger partial charge in [-0.05, 0) is 32.4 Å². The molecule has 1 atom stereocenters. The third-order valence-electron chi connectivity index (χ3n) is 3.06. The largest absolute Gasteiger partial charge is 0.491 e. The number of aryl methyl sites for hydroxylation is 2. The van der Waals surface area contributed by atoms with Gasteiger partial charge in [-0.25, -0.2) is 0 Å². The fourth-order valence-electron chi connectivity index (χ4n) is 1.84. The highest BCUT2D eigenvalue weighted by Crippen LogP contribution is 2.13. The Morgan fingerprint density at radius 2 is 1.86 bits per heavy atom. The topological polar surface area (TPSA) is 86.0 Å². The first-order chi connectivity index (χ1) is 10.1. The van der Waals surface area contributed by atoms with Crippen LogP contribution < -0.4 is 15.8 Å². The summed E-state index contributed by atoms with van der Waals surface area (Å²) in [5, 5.41) is 3.22. The van der Waals surface area contributed by atoms with E-state index in [1.54, 1.807) is 6.92 Å². The Balaban J connectivity index is 1.95. The van der Waals surface area contributed by atoms with Crippen LogP contribution in [0.25, 0.3) is 0 Å². The third-order valence-corrected chi connectivity index (χ3v) is 3.06. The third kappa shape index (κ3) is 4.59. The van der Waals surface area contributed by atoms with Crippen LogP contribution in [0, 0.1) is 13.8 Å². The van der Waals surface area contributed by atoms with E-state index in [9.17, 15) is 0 Å². The lowest BCUT2D eigenvalue weighted by Crippen LogP contribution is -2.27. The Hall–Kier alpha value is -2.37. The summed E-state index contributed by atoms with van der Waals surface area (Å²) in [5.74, 6) is 2.16. The highest BCUT2D eigenvalue weighted by Gasteiger charge is 2.10. The van der Waals surface area contributed by atoms with Gasteiger partial charge in [-0.1, -0.05) is 24.6 Å². The number of aromatic nitrogens is 3. The molecule has 0 saturated heterocycles. The smallest absolute Gasteiger partial charge is 0.228 e. The van der Waals surface area contributed by atoms with Gasteiger partial charge in [-0.3, -0.25) is 0 Å². The molecular formula is C15H21N5O. The molecule has 112 valence electrons. The van der Waals surface area contributed by atoms with Gasteiger partial charge in [0.25, 0.3) is 0 Å². The average Bonchev–Trinajstić information content (AvgIpc) is 2.44. The Kier molecular flexibility index (Phi) is 4.92. The minimum Gasteiger partial charge on any atom is -0.491 e. The zero-order valence-corrected chi connectivity index (χ0v) is 12.6. The van der Waals surface area contributed by atoms with Crippen LogP contribution in [0.15, 0.2) is 24.3 Å². The van der Waals surface area contributed by atoms with Gasteiger partial charge in [0.15, 0.2) is 0 Å². The molecule has 2 rings (SSSR count). The Labute approximate surface area is 124 Å². The first-order valence-electron chi connectivity index (χ1n) is 7.01. The van der Waals surface area contributed by atoms with Crippen LogP contribution in [-0.4, -0.2) is 27.6 Å². The fraction of sp³-hybridized carbons (Fsp3) is 0.400. The molecule has 1 unspecified atom stereocenters. The summed E-state index contributed by atoms with van der Waals surface area (Å²) in [4.78, 5) is 12.3. The molecule has 0 spiro atoms. The van der Waals surface area contributed by atoms with E-state index in [2.05, 4.69) is 27.2 Å². The molecule has 0 aliphatic carbocycles. The Bertz CT molecular complexity index is 565. The van der Waals surface area contributed by atoms with Crippen molar-refractivity contribution in [1.29, 1.82) is 0 Å². The molecule has 1 aromatic carbocycles. The van der Waals surface area contributed by atoms with Crippen molar-refractivity contribution in [1.82, 2.24) is 15.0 Å². The van der Waals surface area contributed by atoms with Crippen LogP contribution in [0.5, 0.6) is 5.75 Å². The number of nitrogens with one attached hydrogen (secondary N) is 1. The number of hydrogen-bond donors (Lipinski definition) is 2. The molecule has 2 aromatic rings. The standard InChI is InChI=1S/C15H21N5O/c1-4-12(9-21-13-7-5-10(2)6-8-13)19-15-18-11(3)17-14(16)20-15/h5-8,12H,4,9H2,1-3H3,(H3,16,17,18,19,20). The summed E-state index contributed by atoms with van der Waals surface area (Å²) in [5.41, 5.74) is 6.83. The molecular weight excluding hydrogens is 266 g/mol. The van der Waals surface area contributed by atoms with Gasteiger partial charge in [-0.2, -0.15) is 15.0 Å². The highest BCUT2D eigenvalue weighted by molar-refractivity contribution is 5.32. The molecule has 6 heteroatoms. The Morgan fingerprint density at radius 3 is 2.48 bits per heavy atom. The number of rotatable bonds is 6. The van der Waals surface area contributed by atoms with E-state index < -0.39 is 0 Å². The van der Waals surface area contributed by atoms with Crippen LogP contribution in [-0.2, 0) is 0 Å². The minimum absolute atomic E-state index is 0.104. The summed E-state index contributed by atoms with van der Waals surface area (Å²) in [7, 11) is 0. The van der Waals surface area contributed by atoms with Crippen molar-refractivity contribution >= 4 is 11.9 Å². The van der Waals surface area contributed by atoms with Crippen LogP contribution in [0.4, 0.5) is 11.9 Å². The van der Waals surface area contributed by atoms with Crippen molar-refractivity contribution in [2.75, 3.05) is 17.7 Å². The monoisotopic (exact) mass is 287 g/mol. The molecule has 1 heterocycles. The predicted octanol–water partition coefficient (Wildman–Crippen LogP) is 2.34. The number of ether oxygens (including phenoxy) is 1. The first kappa shape index (κ1) is 15.0.